The van der Waals surface area contributed by atoms with Crippen molar-refractivity contribution in [3.05, 3.63) is 35.9 Å². The van der Waals surface area contributed by atoms with Crippen molar-refractivity contribution in [3.8, 4) is 0 Å². The largest absolute Gasteiger partial charge is 0.379 e. The summed E-state index contributed by atoms with van der Waals surface area (Å²) in [6.45, 7) is 11.9. The maximum Gasteiger partial charge on any atom is 0.0594 e. The van der Waals surface area contributed by atoms with Gasteiger partial charge in [0.05, 0.1) is 13.2 Å². The van der Waals surface area contributed by atoms with Crippen LogP contribution in [0.25, 0.3) is 0 Å². The summed E-state index contributed by atoms with van der Waals surface area (Å²) < 4.78 is 5.56. The Hall–Kier alpha value is -0.900. The van der Waals surface area contributed by atoms with Gasteiger partial charge in [0.25, 0.3) is 0 Å². The molecule has 22 heavy (non-hydrogen) atoms. The molecule has 2 atom stereocenters. The number of hydrogen-bond acceptors (Lipinski definition) is 3. The van der Waals surface area contributed by atoms with E-state index in [4.69, 9.17) is 4.74 Å². The summed E-state index contributed by atoms with van der Waals surface area (Å²) in [4.78, 5) is 2.63. The van der Waals surface area contributed by atoms with Crippen molar-refractivity contribution in [2.24, 2.45) is 0 Å². The molecule has 1 aliphatic heterocycles. The lowest BCUT2D eigenvalue weighted by Gasteiger charge is -2.48. The van der Waals surface area contributed by atoms with Gasteiger partial charge in [-0.1, -0.05) is 44.2 Å². The van der Waals surface area contributed by atoms with Crippen molar-refractivity contribution in [1.82, 2.24) is 10.2 Å². The van der Waals surface area contributed by atoms with Gasteiger partial charge in [-0.2, -0.15) is 0 Å². The van der Waals surface area contributed by atoms with E-state index in [2.05, 4.69) is 61.3 Å². The van der Waals surface area contributed by atoms with Crippen LogP contribution in [-0.4, -0.2) is 49.3 Å². The maximum atomic E-state index is 5.56. The van der Waals surface area contributed by atoms with Gasteiger partial charge in [-0.3, -0.25) is 4.90 Å². The molecular formula is C19H32N2O. The average Bonchev–Trinajstić information content (AvgIpc) is 2.59. The summed E-state index contributed by atoms with van der Waals surface area (Å²) in [6.07, 6.45) is 3.41. The Kier molecular flexibility index (Phi) is 6.87. The van der Waals surface area contributed by atoms with Gasteiger partial charge in [-0.15, -0.1) is 0 Å². The van der Waals surface area contributed by atoms with E-state index in [0.29, 0.717) is 6.04 Å². The topological polar surface area (TPSA) is 24.5 Å². The summed E-state index contributed by atoms with van der Waals surface area (Å²) in [6, 6.07) is 11.3. The Balaban J connectivity index is 2.16. The third kappa shape index (κ3) is 4.31. The molecule has 1 saturated heterocycles. The third-order valence-electron chi connectivity index (χ3n) is 5.12. The molecule has 0 bridgehead atoms. The molecule has 1 fully saturated rings. The lowest BCUT2D eigenvalue weighted by molar-refractivity contribution is -0.0322. The number of nitrogens with one attached hydrogen (secondary N) is 1. The summed E-state index contributed by atoms with van der Waals surface area (Å²) in [5.74, 6) is 0. The van der Waals surface area contributed by atoms with E-state index < -0.39 is 0 Å². The Morgan fingerprint density at radius 3 is 2.45 bits per heavy atom. The van der Waals surface area contributed by atoms with Crippen molar-refractivity contribution in [1.29, 1.82) is 0 Å². The quantitative estimate of drug-likeness (QED) is 0.799. The number of nitrogens with zero attached hydrogens (tertiary/aromatic N) is 1. The fourth-order valence-corrected chi connectivity index (χ4v) is 3.44. The lowest BCUT2D eigenvalue weighted by Crippen LogP contribution is -2.62. The molecule has 3 heteroatoms. The Bertz CT molecular complexity index is 417. The van der Waals surface area contributed by atoms with Gasteiger partial charge in [-0.05, 0) is 38.3 Å². The number of ether oxygens (including phenoxy) is 1. The van der Waals surface area contributed by atoms with Crippen LogP contribution in [0.15, 0.2) is 30.3 Å². The minimum atomic E-state index is 0.175. The molecule has 0 saturated carbocycles. The highest BCUT2D eigenvalue weighted by atomic mass is 16.5. The van der Waals surface area contributed by atoms with Gasteiger partial charge >= 0.3 is 0 Å². The predicted molar refractivity (Wildman–Crippen MR) is 93.3 cm³/mol. The fraction of sp³-hybridized carbons (Fsp3) is 0.684. The van der Waals surface area contributed by atoms with E-state index in [-0.39, 0.29) is 5.54 Å². The van der Waals surface area contributed by atoms with Crippen LogP contribution in [0.2, 0.25) is 0 Å². The van der Waals surface area contributed by atoms with E-state index >= 15 is 0 Å². The normalized spacial score (nSPS) is 20.5. The molecule has 2 unspecified atom stereocenters. The van der Waals surface area contributed by atoms with Gasteiger partial charge in [-0.25, -0.2) is 0 Å². The van der Waals surface area contributed by atoms with Crippen molar-refractivity contribution in [2.45, 2.75) is 51.6 Å². The summed E-state index contributed by atoms with van der Waals surface area (Å²) >= 11 is 0. The molecule has 124 valence electrons. The second kappa shape index (κ2) is 8.66. The molecule has 1 aromatic rings. The number of morpholine rings is 1. The van der Waals surface area contributed by atoms with Crippen molar-refractivity contribution in [3.63, 3.8) is 0 Å². The highest BCUT2D eigenvalue weighted by molar-refractivity contribution is 5.17. The van der Waals surface area contributed by atoms with E-state index in [9.17, 15) is 0 Å². The molecular weight excluding hydrogens is 272 g/mol. The predicted octanol–water partition coefficient (Wildman–Crippen LogP) is 3.10. The van der Waals surface area contributed by atoms with E-state index in [1.165, 1.54) is 12.0 Å². The van der Waals surface area contributed by atoms with Crippen LogP contribution in [0.1, 0.15) is 39.2 Å². The van der Waals surface area contributed by atoms with E-state index in [1.54, 1.807) is 0 Å². The monoisotopic (exact) mass is 304 g/mol. The molecule has 1 N–H and O–H groups in total. The average molecular weight is 304 g/mol. The summed E-state index contributed by atoms with van der Waals surface area (Å²) in [5.41, 5.74) is 1.60. The third-order valence-corrected chi connectivity index (χ3v) is 5.12. The van der Waals surface area contributed by atoms with Crippen LogP contribution in [0, 0.1) is 0 Å². The highest BCUT2D eigenvalue weighted by Gasteiger charge is 2.38. The standard InChI is InChI=1S/C19H32N2O/c1-4-11-20-18(16-17-9-7-6-8-10-17)19(3,5-2)21-12-14-22-15-13-21/h6-10,18,20H,4-5,11-16H2,1-3H3. The van der Waals surface area contributed by atoms with Gasteiger partial charge < -0.3 is 10.1 Å². The molecule has 0 spiro atoms. The first-order valence-corrected chi connectivity index (χ1v) is 8.80. The second-order valence-electron chi connectivity index (χ2n) is 6.51. The van der Waals surface area contributed by atoms with Crippen molar-refractivity contribution < 1.29 is 4.74 Å². The number of hydrogen-bond donors (Lipinski definition) is 1. The minimum absolute atomic E-state index is 0.175. The lowest BCUT2D eigenvalue weighted by atomic mass is 9.83. The molecule has 0 aromatic heterocycles. The van der Waals surface area contributed by atoms with Crippen LogP contribution in [-0.2, 0) is 11.2 Å². The van der Waals surface area contributed by atoms with Crippen molar-refractivity contribution >= 4 is 0 Å². The molecule has 0 radical (unpaired) electrons. The number of benzene rings is 1. The number of rotatable bonds is 8. The van der Waals surface area contributed by atoms with Crippen LogP contribution < -0.4 is 5.32 Å². The maximum absolute atomic E-state index is 5.56. The zero-order valence-corrected chi connectivity index (χ0v) is 14.5. The van der Waals surface area contributed by atoms with Crippen LogP contribution in [0.3, 0.4) is 0 Å². The van der Waals surface area contributed by atoms with E-state index in [0.717, 1.165) is 45.7 Å². The first-order valence-electron chi connectivity index (χ1n) is 8.80. The first-order chi connectivity index (χ1) is 10.7. The van der Waals surface area contributed by atoms with Crippen LogP contribution >= 0.6 is 0 Å². The minimum Gasteiger partial charge on any atom is -0.379 e. The zero-order valence-electron chi connectivity index (χ0n) is 14.5. The Morgan fingerprint density at radius 1 is 1.18 bits per heavy atom. The summed E-state index contributed by atoms with van der Waals surface area (Å²) in [5, 5.41) is 3.82. The molecule has 0 aliphatic carbocycles. The van der Waals surface area contributed by atoms with Gasteiger partial charge in [0.1, 0.15) is 0 Å². The van der Waals surface area contributed by atoms with Crippen LogP contribution in [0.5, 0.6) is 0 Å². The molecule has 2 rings (SSSR count). The summed E-state index contributed by atoms with van der Waals surface area (Å²) in [7, 11) is 0. The second-order valence-corrected chi connectivity index (χ2v) is 6.51. The van der Waals surface area contributed by atoms with Gasteiger partial charge in [0.2, 0.25) is 0 Å². The molecule has 1 heterocycles. The smallest absolute Gasteiger partial charge is 0.0594 e. The first kappa shape index (κ1) is 17.5. The van der Waals surface area contributed by atoms with Crippen LogP contribution in [0.4, 0.5) is 0 Å². The molecule has 1 aromatic carbocycles. The molecule has 1 aliphatic rings. The van der Waals surface area contributed by atoms with E-state index in [1.807, 2.05) is 0 Å². The molecule has 0 amide bonds. The highest BCUT2D eigenvalue weighted by Crippen LogP contribution is 2.27. The van der Waals surface area contributed by atoms with Crippen molar-refractivity contribution in [2.75, 3.05) is 32.8 Å². The van der Waals surface area contributed by atoms with Gasteiger partial charge in [0, 0.05) is 24.7 Å². The Morgan fingerprint density at radius 2 is 1.86 bits per heavy atom. The Labute approximate surface area is 136 Å². The SMILES string of the molecule is CCCNC(Cc1ccccc1)C(C)(CC)N1CCOCC1. The van der Waals surface area contributed by atoms with Gasteiger partial charge in [0.15, 0.2) is 0 Å². The fourth-order valence-electron chi connectivity index (χ4n) is 3.44. The molecule has 3 nitrogen and oxygen atoms in total. The zero-order chi connectivity index (χ0) is 15.8.